The van der Waals surface area contributed by atoms with Crippen molar-refractivity contribution in [3.63, 3.8) is 0 Å². The van der Waals surface area contributed by atoms with Gasteiger partial charge in [0, 0.05) is 5.92 Å². The molecule has 2 atom stereocenters. The molecular weight excluding hydrogens is 335 g/mol. The predicted octanol–water partition coefficient (Wildman–Crippen LogP) is 3.22. The van der Waals surface area contributed by atoms with Crippen LogP contribution in [0, 0.1) is 18.7 Å². The Labute approximate surface area is 148 Å². The minimum atomic E-state index is -0.397. The van der Waals surface area contributed by atoms with Crippen molar-refractivity contribution < 1.29 is 13.9 Å². The van der Waals surface area contributed by atoms with Gasteiger partial charge in [0.15, 0.2) is 0 Å². The summed E-state index contributed by atoms with van der Waals surface area (Å²) in [6.45, 7) is 1.76. The van der Waals surface area contributed by atoms with Crippen LogP contribution < -0.4 is 5.56 Å². The number of fused-ring (bicyclic) bond motifs is 1. The molecule has 1 N–H and O–H groups in total. The lowest BCUT2D eigenvalue weighted by molar-refractivity contribution is -0.146. The molecular formula is C20H17FN2O3. The third-order valence-corrected chi connectivity index (χ3v) is 4.74. The number of nitrogens with one attached hydrogen (secondary N) is 1. The smallest absolute Gasteiger partial charge is 0.310 e. The molecule has 5 nitrogen and oxygen atoms in total. The van der Waals surface area contributed by atoms with E-state index < -0.39 is 5.97 Å². The summed E-state index contributed by atoms with van der Waals surface area (Å²) < 4.78 is 19.1. The van der Waals surface area contributed by atoms with Crippen LogP contribution in [0.15, 0.2) is 47.3 Å². The molecule has 132 valence electrons. The molecule has 1 heterocycles. The zero-order chi connectivity index (χ0) is 18.3. The molecule has 6 heteroatoms. The van der Waals surface area contributed by atoms with Gasteiger partial charge < -0.3 is 9.72 Å². The van der Waals surface area contributed by atoms with E-state index in [4.69, 9.17) is 4.74 Å². The van der Waals surface area contributed by atoms with Crippen molar-refractivity contribution in [3.05, 3.63) is 75.6 Å². The number of carbonyl (C=O) groups excluding carboxylic acids is 1. The molecule has 0 bridgehead atoms. The highest BCUT2D eigenvalue weighted by Gasteiger charge is 2.46. The van der Waals surface area contributed by atoms with E-state index in [0.717, 1.165) is 5.56 Å². The maximum atomic E-state index is 13.8. The first-order valence-electron chi connectivity index (χ1n) is 8.44. The molecule has 26 heavy (non-hydrogen) atoms. The van der Waals surface area contributed by atoms with Gasteiger partial charge in [0.25, 0.3) is 5.56 Å². The molecule has 3 aromatic rings. The summed E-state index contributed by atoms with van der Waals surface area (Å²) in [4.78, 5) is 31.4. The Kier molecular flexibility index (Phi) is 4.03. The zero-order valence-electron chi connectivity index (χ0n) is 14.2. The molecule has 0 radical (unpaired) electrons. The van der Waals surface area contributed by atoms with Gasteiger partial charge in [-0.25, -0.2) is 9.37 Å². The molecule has 4 rings (SSSR count). The zero-order valence-corrected chi connectivity index (χ0v) is 14.2. The van der Waals surface area contributed by atoms with Crippen molar-refractivity contribution in [2.24, 2.45) is 5.92 Å². The van der Waals surface area contributed by atoms with Gasteiger partial charge in [-0.15, -0.1) is 0 Å². The van der Waals surface area contributed by atoms with Crippen LogP contribution >= 0.6 is 0 Å². The minimum Gasteiger partial charge on any atom is -0.457 e. The van der Waals surface area contributed by atoms with E-state index in [-0.39, 0.29) is 29.8 Å². The highest BCUT2D eigenvalue weighted by atomic mass is 19.1. The summed E-state index contributed by atoms with van der Waals surface area (Å²) in [5.74, 6) is -0.891. The minimum absolute atomic E-state index is 0.112. The number of hydrogen-bond acceptors (Lipinski definition) is 4. The van der Waals surface area contributed by atoms with Crippen molar-refractivity contribution in [2.75, 3.05) is 0 Å². The van der Waals surface area contributed by atoms with Gasteiger partial charge in [0.05, 0.1) is 16.8 Å². The highest BCUT2D eigenvalue weighted by Crippen LogP contribution is 2.48. The molecule has 2 unspecified atom stereocenters. The summed E-state index contributed by atoms with van der Waals surface area (Å²) in [5.41, 5.74) is 1.75. The number of ether oxygens (including phenoxy) is 1. The molecule has 0 aliphatic heterocycles. The maximum absolute atomic E-state index is 13.8. The largest absolute Gasteiger partial charge is 0.457 e. The summed E-state index contributed by atoms with van der Waals surface area (Å²) in [6.07, 6.45) is 0.570. The third kappa shape index (κ3) is 2.98. The van der Waals surface area contributed by atoms with Crippen LogP contribution in [0.25, 0.3) is 10.9 Å². The molecule has 1 aromatic heterocycles. The summed E-state index contributed by atoms with van der Waals surface area (Å²) in [5, 5.41) is 0.502. The fraction of sp³-hybridized carbons (Fsp3) is 0.250. The average Bonchev–Trinajstić information content (AvgIpc) is 3.42. The Hall–Kier alpha value is -3.02. The number of carbonyl (C=O) groups is 1. The van der Waals surface area contributed by atoms with E-state index >= 15 is 0 Å². The van der Waals surface area contributed by atoms with E-state index in [0.29, 0.717) is 28.7 Å². The summed E-state index contributed by atoms with van der Waals surface area (Å²) in [7, 11) is 0. The molecule has 1 fully saturated rings. The second-order valence-electron chi connectivity index (χ2n) is 6.56. The van der Waals surface area contributed by atoms with Crippen molar-refractivity contribution in [3.8, 4) is 0 Å². The molecule has 1 aliphatic carbocycles. The van der Waals surface area contributed by atoms with Crippen LogP contribution in [-0.4, -0.2) is 15.9 Å². The van der Waals surface area contributed by atoms with Gasteiger partial charge in [0.2, 0.25) is 0 Å². The lowest BCUT2D eigenvalue weighted by Gasteiger charge is -2.07. The second-order valence-corrected chi connectivity index (χ2v) is 6.56. The normalized spacial score (nSPS) is 18.7. The van der Waals surface area contributed by atoms with Gasteiger partial charge in [-0.05, 0) is 36.6 Å². The maximum Gasteiger partial charge on any atom is 0.310 e. The predicted molar refractivity (Wildman–Crippen MR) is 94.1 cm³/mol. The van der Waals surface area contributed by atoms with Crippen LogP contribution in [-0.2, 0) is 16.1 Å². The number of aromatic nitrogens is 2. The lowest BCUT2D eigenvalue weighted by Crippen LogP contribution is -2.15. The van der Waals surface area contributed by atoms with Gasteiger partial charge in [-0.2, -0.15) is 0 Å². The van der Waals surface area contributed by atoms with Crippen LogP contribution in [0.5, 0.6) is 0 Å². The number of nitrogens with zero attached hydrogens (tertiary/aromatic N) is 1. The number of H-pyrrole nitrogens is 1. The van der Waals surface area contributed by atoms with Gasteiger partial charge in [-0.3, -0.25) is 9.59 Å². The number of para-hydroxylation sites is 1. The first kappa shape index (κ1) is 16.4. The number of aromatic amines is 1. The lowest BCUT2D eigenvalue weighted by atomic mass is 10.1. The van der Waals surface area contributed by atoms with Crippen molar-refractivity contribution in [2.45, 2.75) is 25.9 Å². The van der Waals surface area contributed by atoms with Crippen LogP contribution in [0.1, 0.15) is 29.3 Å². The first-order valence-corrected chi connectivity index (χ1v) is 8.44. The topological polar surface area (TPSA) is 72.1 Å². The number of esters is 1. The molecule has 2 aromatic carbocycles. The van der Waals surface area contributed by atoms with E-state index in [1.165, 1.54) is 6.07 Å². The Morgan fingerprint density at radius 1 is 1.27 bits per heavy atom. The van der Waals surface area contributed by atoms with Crippen molar-refractivity contribution in [1.82, 2.24) is 9.97 Å². The van der Waals surface area contributed by atoms with E-state index in [9.17, 15) is 14.0 Å². The Balaban J connectivity index is 1.46. The number of benzene rings is 2. The highest BCUT2D eigenvalue weighted by molar-refractivity contribution is 5.80. The number of aryl methyl sites for hydroxylation is 1. The summed E-state index contributed by atoms with van der Waals surface area (Å²) >= 11 is 0. The Morgan fingerprint density at radius 2 is 2.08 bits per heavy atom. The number of rotatable bonds is 4. The molecule has 0 saturated heterocycles. The molecule has 1 saturated carbocycles. The van der Waals surface area contributed by atoms with Crippen molar-refractivity contribution in [1.29, 1.82) is 0 Å². The Bertz CT molecular complexity index is 1060. The standard InChI is InChI=1S/C20H17FN2O3/c1-11-5-4-7-13-18(11)22-17(23-19(13)24)10-26-20(25)15-9-14(15)12-6-2-3-8-16(12)21/h2-8,14-15H,9-10H2,1H3,(H,22,23,24). The monoisotopic (exact) mass is 352 g/mol. The first-order chi connectivity index (χ1) is 12.5. The summed E-state index contributed by atoms with van der Waals surface area (Å²) in [6, 6.07) is 11.8. The molecule has 0 spiro atoms. The average molecular weight is 352 g/mol. The van der Waals surface area contributed by atoms with Gasteiger partial charge in [0.1, 0.15) is 18.2 Å². The second kappa shape index (κ2) is 6.37. The van der Waals surface area contributed by atoms with Crippen LogP contribution in [0.3, 0.4) is 0 Å². The van der Waals surface area contributed by atoms with E-state index in [1.807, 2.05) is 13.0 Å². The van der Waals surface area contributed by atoms with E-state index in [2.05, 4.69) is 9.97 Å². The van der Waals surface area contributed by atoms with Crippen LogP contribution in [0.2, 0.25) is 0 Å². The van der Waals surface area contributed by atoms with Gasteiger partial charge >= 0.3 is 5.97 Å². The molecule has 0 amide bonds. The van der Waals surface area contributed by atoms with Crippen LogP contribution in [0.4, 0.5) is 4.39 Å². The third-order valence-electron chi connectivity index (χ3n) is 4.74. The van der Waals surface area contributed by atoms with Gasteiger partial charge in [-0.1, -0.05) is 30.3 Å². The van der Waals surface area contributed by atoms with Crippen molar-refractivity contribution >= 4 is 16.9 Å². The fourth-order valence-electron chi connectivity index (χ4n) is 3.24. The molecule has 1 aliphatic rings. The number of hydrogen-bond donors (Lipinski definition) is 1. The quantitative estimate of drug-likeness (QED) is 0.732. The SMILES string of the molecule is Cc1cccc2c(=O)[nH]c(COC(=O)C3CC3c3ccccc3F)nc12. The Morgan fingerprint density at radius 3 is 2.88 bits per heavy atom. The number of halogens is 1. The fourth-order valence-corrected chi connectivity index (χ4v) is 3.24. The van der Waals surface area contributed by atoms with E-state index in [1.54, 1.807) is 30.3 Å².